The molecule has 0 aromatic heterocycles. The predicted molar refractivity (Wildman–Crippen MR) is 87.8 cm³/mol. The molecule has 0 aromatic carbocycles. The van der Waals surface area contributed by atoms with E-state index in [2.05, 4.69) is 12.2 Å². The first-order valence-corrected chi connectivity index (χ1v) is 8.37. The van der Waals surface area contributed by atoms with Gasteiger partial charge in [-0.3, -0.25) is 14.4 Å². The summed E-state index contributed by atoms with van der Waals surface area (Å²) in [7, 11) is 0. The van der Waals surface area contributed by atoms with Crippen LogP contribution in [0.3, 0.4) is 0 Å². The number of unbranched alkanes of at least 4 members (excludes halogenated alkanes) is 5. The fourth-order valence-corrected chi connectivity index (χ4v) is 2.42. The van der Waals surface area contributed by atoms with Crippen molar-refractivity contribution >= 4 is 17.8 Å². The molecule has 0 aliphatic carbocycles. The molecule has 23 heavy (non-hydrogen) atoms. The molecule has 6 heteroatoms. The third-order valence-corrected chi connectivity index (χ3v) is 3.55. The van der Waals surface area contributed by atoms with E-state index in [9.17, 15) is 14.4 Å². The first kappa shape index (κ1) is 21.4. The standard InChI is InChI=1S/C17H31NO5/c1-5-6-7-8-9-10-11-17(18-14(2)19,12-22-15(3)20)13-23-16(4)21/h5-13H2,1-4H3,(H,18,19). The molecule has 0 radical (unpaired) electrons. The molecule has 0 atom stereocenters. The Morgan fingerprint density at radius 3 is 1.74 bits per heavy atom. The molecule has 6 nitrogen and oxygen atoms in total. The predicted octanol–water partition coefficient (Wildman–Crippen LogP) is 2.74. The van der Waals surface area contributed by atoms with E-state index >= 15 is 0 Å². The van der Waals surface area contributed by atoms with Gasteiger partial charge in [0.15, 0.2) is 0 Å². The van der Waals surface area contributed by atoms with Crippen molar-refractivity contribution in [1.82, 2.24) is 5.32 Å². The van der Waals surface area contributed by atoms with Gasteiger partial charge >= 0.3 is 11.9 Å². The molecule has 0 aliphatic rings. The van der Waals surface area contributed by atoms with E-state index in [4.69, 9.17) is 9.47 Å². The molecular formula is C17H31NO5. The lowest BCUT2D eigenvalue weighted by Gasteiger charge is -2.33. The second kappa shape index (κ2) is 11.9. The maximum Gasteiger partial charge on any atom is 0.302 e. The highest BCUT2D eigenvalue weighted by molar-refractivity contribution is 5.74. The lowest BCUT2D eigenvalue weighted by molar-refractivity contribution is -0.150. The summed E-state index contributed by atoms with van der Waals surface area (Å²) in [4.78, 5) is 33.8. The van der Waals surface area contributed by atoms with Crippen molar-refractivity contribution in [3.05, 3.63) is 0 Å². The van der Waals surface area contributed by atoms with Gasteiger partial charge in [0.25, 0.3) is 0 Å². The molecule has 1 N–H and O–H groups in total. The first-order chi connectivity index (χ1) is 10.8. The molecule has 0 fully saturated rings. The van der Waals surface area contributed by atoms with Gasteiger partial charge in [-0.1, -0.05) is 45.4 Å². The Morgan fingerprint density at radius 2 is 1.30 bits per heavy atom. The molecule has 0 rings (SSSR count). The van der Waals surface area contributed by atoms with Crippen LogP contribution < -0.4 is 5.32 Å². The summed E-state index contributed by atoms with van der Waals surface area (Å²) in [5.41, 5.74) is -0.853. The van der Waals surface area contributed by atoms with Crippen molar-refractivity contribution in [2.75, 3.05) is 13.2 Å². The summed E-state index contributed by atoms with van der Waals surface area (Å²) in [5, 5.41) is 2.81. The number of hydrogen-bond donors (Lipinski definition) is 1. The second-order valence-corrected chi connectivity index (χ2v) is 6.04. The van der Waals surface area contributed by atoms with Crippen molar-refractivity contribution in [2.45, 2.75) is 78.2 Å². The lowest BCUT2D eigenvalue weighted by atomic mass is 9.93. The SMILES string of the molecule is CCCCCCCCC(COC(C)=O)(COC(C)=O)NC(C)=O. The molecule has 0 aliphatic heterocycles. The summed E-state index contributed by atoms with van der Waals surface area (Å²) in [6, 6.07) is 0. The topological polar surface area (TPSA) is 81.7 Å². The van der Waals surface area contributed by atoms with Crippen molar-refractivity contribution < 1.29 is 23.9 Å². The molecule has 134 valence electrons. The van der Waals surface area contributed by atoms with E-state index < -0.39 is 17.5 Å². The van der Waals surface area contributed by atoms with Crippen LogP contribution in [0.1, 0.15) is 72.6 Å². The third kappa shape index (κ3) is 11.6. The highest BCUT2D eigenvalue weighted by Gasteiger charge is 2.33. The smallest absolute Gasteiger partial charge is 0.302 e. The van der Waals surface area contributed by atoms with E-state index in [1.807, 2.05) is 0 Å². The Labute approximate surface area is 139 Å². The Kier molecular flexibility index (Phi) is 11.1. The molecule has 0 aromatic rings. The maximum atomic E-state index is 11.5. The fourth-order valence-electron chi connectivity index (χ4n) is 2.42. The van der Waals surface area contributed by atoms with Gasteiger partial charge in [-0.15, -0.1) is 0 Å². The van der Waals surface area contributed by atoms with Gasteiger partial charge in [-0.2, -0.15) is 0 Å². The average molecular weight is 329 g/mol. The highest BCUT2D eigenvalue weighted by Crippen LogP contribution is 2.19. The van der Waals surface area contributed by atoms with Crippen LogP contribution in [0.2, 0.25) is 0 Å². The van der Waals surface area contributed by atoms with E-state index in [0.29, 0.717) is 6.42 Å². The van der Waals surface area contributed by atoms with Crippen LogP contribution in [0.15, 0.2) is 0 Å². The van der Waals surface area contributed by atoms with Gasteiger partial charge in [0.05, 0.1) is 0 Å². The summed E-state index contributed by atoms with van der Waals surface area (Å²) in [6.07, 6.45) is 7.22. The van der Waals surface area contributed by atoms with Crippen LogP contribution >= 0.6 is 0 Å². The number of carbonyl (C=O) groups excluding carboxylic acids is 3. The van der Waals surface area contributed by atoms with Gasteiger partial charge in [-0.25, -0.2) is 0 Å². The minimum absolute atomic E-state index is 0.00412. The number of rotatable bonds is 12. The van der Waals surface area contributed by atoms with Crippen LogP contribution in [0.25, 0.3) is 0 Å². The fraction of sp³-hybridized carbons (Fsp3) is 0.824. The Hall–Kier alpha value is -1.59. The number of carbonyl (C=O) groups is 3. The lowest BCUT2D eigenvalue weighted by Crippen LogP contribution is -2.55. The van der Waals surface area contributed by atoms with Crippen molar-refractivity contribution in [2.24, 2.45) is 0 Å². The van der Waals surface area contributed by atoms with Gasteiger partial charge in [0.2, 0.25) is 5.91 Å². The zero-order chi connectivity index (χ0) is 17.7. The number of amides is 1. The zero-order valence-corrected chi connectivity index (χ0v) is 14.9. The quantitative estimate of drug-likeness (QED) is 0.440. The molecule has 0 heterocycles. The second-order valence-electron chi connectivity index (χ2n) is 6.04. The summed E-state index contributed by atoms with van der Waals surface area (Å²) in [5.74, 6) is -1.09. The van der Waals surface area contributed by atoms with E-state index in [1.54, 1.807) is 0 Å². The average Bonchev–Trinajstić information content (AvgIpc) is 2.46. The number of esters is 2. The Morgan fingerprint density at radius 1 is 0.826 bits per heavy atom. The number of hydrogen-bond acceptors (Lipinski definition) is 5. The third-order valence-electron chi connectivity index (χ3n) is 3.55. The monoisotopic (exact) mass is 329 g/mol. The first-order valence-electron chi connectivity index (χ1n) is 8.37. The van der Waals surface area contributed by atoms with E-state index in [0.717, 1.165) is 19.3 Å². The molecule has 1 amide bonds. The largest absolute Gasteiger partial charge is 0.463 e. The molecule has 0 unspecified atom stereocenters. The number of nitrogens with one attached hydrogen (secondary N) is 1. The van der Waals surface area contributed by atoms with Crippen LogP contribution in [-0.2, 0) is 23.9 Å². The van der Waals surface area contributed by atoms with Gasteiger partial charge in [-0.05, 0) is 6.42 Å². The molecule has 0 saturated carbocycles. The Bertz CT molecular complexity index is 363. The molecule has 0 saturated heterocycles. The summed E-state index contributed by atoms with van der Waals surface area (Å²) in [6.45, 7) is 6.20. The van der Waals surface area contributed by atoms with Crippen molar-refractivity contribution in [1.29, 1.82) is 0 Å². The van der Waals surface area contributed by atoms with Crippen LogP contribution in [-0.4, -0.2) is 36.6 Å². The van der Waals surface area contributed by atoms with Crippen molar-refractivity contribution in [3.8, 4) is 0 Å². The maximum absolute atomic E-state index is 11.5. The summed E-state index contributed by atoms with van der Waals surface area (Å²) < 4.78 is 10.2. The van der Waals surface area contributed by atoms with Crippen LogP contribution in [0, 0.1) is 0 Å². The van der Waals surface area contributed by atoms with Crippen LogP contribution in [0.5, 0.6) is 0 Å². The minimum atomic E-state index is -0.853. The van der Waals surface area contributed by atoms with Gasteiger partial charge in [0, 0.05) is 20.8 Å². The minimum Gasteiger partial charge on any atom is -0.463 e. The molecular weight excluding hydrogens is 298 g/mol. The van der Waals surface area contributed by atoms with E-state index in [1.165, 1.54) is 40.0 Å². The normalized spacial score (nSPS) is 11.0. The molecule has 0 spiro atoms. The highest BCUT2D eigenvalue weighted by atomic mass is 16.5. The molecule has 0 bridgehead atoms. The zero-order valence-electron chi connectivity index (χ0n) is 14.9. The van der Waals surface area contributed by atoms with Gasteiger partial charge < -0.3 is 14.8 Å². The van der Waals surface area contributed by atoms with Crippen molar-refractivity contribution in [3.63, 3.8) is 0 Å². The van der Waals surface area contributed by atoms with E-state index in [-0.39, 0.29) is 19.1 Å². The number of ether oxygens (including phenoxy) is 2. The van der Waals surface area contributed by atoms with Gasteiger partial charge in [0.1, 0.15) is 18.8 Å². The Balaban J connectivity index is 4.70. The van der Waals surface area contributed by atoms with Crippen LogP contribution in [0.4, 0.5) is 0 Å². The summed E-state index contributed by atoms with van der Waals surface area (Å²) >= 11 is 0.